The number of anilines is 3. The highest BCUT2D eigenvalue weighted by Crippen LogP contribution is 2.25. The minimum Gasteiger partial charge on any atom is -0.370 e. The van der Waals surface area contributed by atoms with Crippen molar-refractivity contribution in [2.45, 2.75) is 26.7 Å². The summed E-state index contributed by atoms with van der Waals surface area (Å²) in [5, 5.41) is 7.30. The zero-order valence-electron chi connectivity index (χ0n) is 11.8. The molecule has 4 nitrogen and oxygen atoms in total. The fourth-order valence-corrected chi connectivity index (χ4v) is 2.22. The van der Waals surface area contributed by atoms with Gasteiger partial charge in [-0.25, -0.2) is 9.97 Å². The Hall–Kier alpha value is -1.81. The lowest BCUT2D eigenvalue weighted by Crippen LogP contribution is -2.08. The van der Waals surface area contributed by atoms with Gasteiger partial charge in [0.1, 0.15) is 18.0 Å². The molecule has 0 unspecified atom stereocenters. The number of hydrogen-bond donors (Lipinski definition) is 2. The Bertz CT molecular complexity index is 572. The molecule has 2 N–H and O–H groups in total. The van der Waals surface area contributed by atoms with Gasteiger partial charge in [-0.15, -0.1) is 0 Å². The van der Waals surface area contributed by atoms with E-state index in [4.69, 9.17) is 11.6 Å². The SMILES string of the molecule is CCCc1c(NCC)ncnc1Nc1cccc(Cl)c1. The highest BCUT2D eigenvalue weighted by molar-refractivity contribution is 6.30. The van der Waals surface area contributed by atoms with Gasteiger partial charge in [-0.05, 0) is 31.5 Å². The monoisotopic (exact) mass is 290 g/mol. The minimum atomic E-state index is 0.702. The number of hydrogen-bond acceptors (Lipinski definition) is 4. The first-order valence-electron chi connectivity index (χ1n) is 6.85. The van der Waals surface area contributed by atoms with Gasteiger partial charge in [0.15, 0.2) is 0 Å². The molecule has 0 aliphatic rings. The van der Waals surface area contributed by atoms with E-state index >= 15 is 0 Å². The molecule has 1 heterocycles. The second kappa shape index (κ2) is 7.10. The van der Waals surface area contributed by atoms with E-state index in [1.54, 1.807) is 6.33 Å². The van der Waals surface area contributed by atoms with Gasteiger partial charge in [0.05, 0.1) is 0 Å². The highest BCUT2D eigenvalue weighted by Gasteiger charge is 2.10. The molecule has 0 atom stereocenters. The molecule has 0 bridgehead atoms. The smallest absolute Gasteiger partial charge is 0.139 e. The first-order valence-corrected chi connectivity index (χ1v) is 7.22. The maximum atomic E-state index is 6.01. The summed E-state index contributed by atoms with van der Waals surface area (Å²) in [5.74, 6) is 1.73. The van der Waals surface area contributed by atoms with E-state index in [9.17, 15) is 0 Å². The van der Waals surface area contributed by atoms with Crippen molar-refractivity contribution in [3.05, 3.63) is 41.2 Å². The van der Waals surface area contributed by atoms with E-state index in [2.05, 4.69) is 34.4 Å². The third-order valence-electron chi connectivity index (χ3n) is 2.88. The molecule has 0 saturated carbocycles. The zero-order valence-corrected chi connectivity index (χ0v) is 12.5. The van der Waals surface area contributed by atoms with Gasteiger partial charge in [0, 0.05) is 22.8 Å². The van der Waals surface area contributed by atoms with Gasteiger partial charge in [-0.3, -0.25) is 0 Å². The summed E-state index contributed by atoms with van der Waals surface area (Å²) < 4.78 is 0. The van der Waals surface area contributed by atoms with E-state index in [0.717, 1.165) is 42.3 Å². The van der Waals surface area contributed by atoms with Crippen LogP contribution in [0.15, 0.2) is 30.6 Å². The summed E-state index contributed by atoms with van der Waals surface area (Å²) >= 11 is 6.01. The number of nitrogens with zero attached hydrogens (tertiary/aromatic N) is 2. The summed E-state index contributed by atoms with van der Waals surface area (Å²) in [6.07, 6.45) is 3.53. The van der Waals surface area contributed by atoms with Gasteiger partial charge in [-0.2, -0.15) is 0 Å². The Balaban J connectivity index is 2.32. The van der Waals surface area contributed by atoms with Crippen LogP contribution < -0.4 is 10.6 Å². The van der Waals surface area contributed by atoms with Crippen molar-refractivity contribution in [3.63, 3.8) is 0 Å². The molecule has 2 aromatic rings. The molecule has 1 aromatic carbocycles. The number of benzene rings is 1. The summed E-state index contributed by atoms with van der Waals surface area (Å²) in [6.45, 7) is 5.04. The average Bonchev–Trinajstić information content (AvgIpc) is 2.43. The van der Waals surface area contributed by atoms with Crippen LogP contribution in [0.2, 0.25) is 5.02 Å². The van der Waals surface area contributed by atoms with Crippen LogP contribution in [0.5, 0.6) is 0 Å². The lowest BCUT2D eigenvalue weighted by atomic mass is 10.1. The molecule has 0 spiro atoms. The van der Waals surface area contributed by atoms with Gasteiger partial charge in [0.25, 0.3) is 0 Å². The fraction of sp³-hybridized carbons (Fsp3) is 0.333. The number of aromatic nitrogens is 2. The van der Waals surface area contributed by atoms with Gasteiger partial charge in [0.2, 0.25) is 0 Å². The van der Waals surface area contributed by atoms with E-state index in [-0.39, 0.29) is 0 Å². The summed E-state index contributed by atoms with van der Waals surface area (Å²) in [7, 11) is 0. The van der Waals surface area contributed by atoms with Crippen molar-refractivity contribution in [3.8, 4) is 0 Å². The number of nitrogens with one attached hydrogen (secondary N) is 2. The van der Waals surface area contributed by atoms with Crippen molar-refractivity contribution < 1.29 is 0 Å². The molecule has 2 rings (SSSR count). The lowest BCUT2D eigenvalue weighted by Gasteiger charge is -2.14. The van der Waals surface area contributed by atoms with Gasteiger partial charge < -0.3 is 10.6 Å². The fourth-order valence-electron chi connectivity index (χ4n) is 2.03. The van der Waals surface area contributed by atoms with E-state index in [0.29, 0.717) is 5.02 Å². The summed E-state index contributed by atoms with van der Waals surface area (Å²) in [5.41, 5.74) is 2.04. The zero-order chi connectivity index (χ0) is 14.4. The van der Waals surface area contributed by atoms with Crippen molar-refractivity contribution >= 4 is 28.9 Å². The first kappa shape index (κ1) is 14.6. The summed E-state index contributed by atoms with van der Waals surface area (Å²) in [4.78, 5) is 8.68. The van der Waals surface area contributed by atoms with Crippen LogP contribution in [-0.2, 0) is 6.42 Å². The topological polar surface area (TPSA) is 49.8 Å². The maximum absolute atomic E-state index is 6.01. The third kappa shape index (κ3) is 3.61. The largest absolute Gasteiger partial charge is 0.370 e. The molecule has 106 valence electrons. The lowest BCUT2D eigenvalue weighted by molar-refractivity contribution is 0.902. The normalized spacial score (nSPS) is 10.3. The molecular weight excluding hydrogens is 272 g/mol. The van der Waals surface area contributed by atoms with Crippen molar-refractivity contribution in [2.75, 3.05) is 17.2 Å². The van der Waals surface area contributed by atoms with E-state index in [1.165, 1.54) is 0 Å². The predicted molar refractivity (Wildman–Crippen MR) is 84.9 cm³/mol. The Kier molecular flexibility index (Phi) is 5.18. The molecule has 0 amide bonds. The van der Waals surface area contributed by atoms with Gasteiger partial charge >= 0.3 is 0 Å². The standard InChI is InChI=1S/C15H19ClN4/c1-3-6-13-14(17-4-2)18-10-19-15(13)20-12-8-5-7-11(16)9-12/h5,7-10H,3-4,6H2,1-2H3,(H2,17,18,19,20). The molecular formula is C15H19ClN4. The Morgan fingerprint density at radius 1 is 1.15 bits per heavy atom. The highest BCUT2D eigenvalue weighted by atomic mass is 35.5. The van der Waals surface area contributed by atoms with Gasteiger partial charge in [-0.1, -0.05) is 31.0 Å². The van der Waals surface area contributed by atoms with Crippen molar-refractivity contribution in [1.82, 2.24) is 9.97 Å². The Morgan fingerprint density at radius 3 is 2.65 bits per heavy atom. The molecule has 5 heteroatoms. The maximum Gasteiger partial charge on any atom is 0.139 e. The van der Waals surface area contributed by atoms with Crippen molar-refractivity contribution in [2.24, 2.45) is 0 Å². The molecule has 0 aliphatic carbocycles. The van der Waals surface area contributed by atoms with Crippen molar-refractivity contribution in [1.29, 1.82) is 0 Å². The second-order valence-electron chi connectivity index (χ2n) is 4.47. The van der Waals surface area contributed by atoms with Crippen LogP contribution in [0.3, 0.4) is 0 Å². The Morgan fingerprint density at radius 2 is 1.95 bits per heavy atom. The van der Waals surface area contributed by atoms with Crippen LogP contribution in [0.1, 0.15) is 25.8 Å². The van der Waals surface area contributed by atoms with Crippen LogP contribution in [0, 0.1) is 0 Å². The van der Waals surface area contributed by atoms with E-state index < -0.39 is 0 Å². The molecule has 1 aromatic heterocycles. The molecule has 20 heavy (non-hydrogen) atoms. The molecule has 0 saturated heterocycles. The van der Waals surface area contributed by atoms with Crippen LogP contribution in [0.25, 0.3) is 0 Å². The van der Waals surface area contributed by atoms with E-state index in [1.807, 2.05) is 24.3 Å². The second-order valence-corrected chi connectivity index (χ2v) is 4.90. The first-order chi connectivity index (χ1) is 9.74. The van der Waals surface area contributed by atoms with Crippen LogP contribution >= 0.6 is 11.6 Å². The molecule has 0 aliphatic heterocycles. The number of rotatable bonds is 6. The summed E-state index contributed by atoms with van der Waals surface area (Å²) in [6, 6.07) is 7.61. The number of halogens is 1. The average molecular weight is 291 g/mol. The minimum absolute atomic E-state index is 0.702. The third-order valence-corrected chi connectivity index (χ3v) is 3.11. The molecule has 0 fully saturated rings. The van der Waals surface area contributed by atoms with Crippen LogP contribution in [0.4, 0.5) is 17.3 Å². The Labute approximate surface area is 124 Å². The molecule has 0 radical (unpaired) electrons. The quantitative estimate of drug-likeness (QED) is 0.835. The predicted octanol–water partition coefficient (Wildman–Crippen LogP) is 4.26. The van der Waals surface area contributed by atoms with Crippen LogP contribution in [-0.4, -0.2) is 16.5 Å².